The normalized spacial score (nSPS) is 12.2. The molecule has 0 spiro atoms. The summed E-state index contributed by atoms with van der Waals surface area (Å²) in [6.07, 6.45) is 2.24. The Morgan fingerprint density at radius 3 is 2.80 bits per heavy atom. The molecule has 0 aromatic carbocycles. The van der Waals surface area contributed by atoms with Crippen molar-refractivity contribution >= 4 is 29.1 Å². The van der Waals surface area contributed by atoms with Gasteiger partial charge in [0.05, 0.1) is 5.02 Å². The van der Waals surface area contributed by atoms with E-state index in [1.165, 1.54) is 6.20 Å². The number of pyridine rings is 1. The fourth-order valence-electron chi connectivity index (χ4n) is 1.02. The second-order valence-corrected chi connectivity index (χ2v) is 3.84. The summed E-state index contributed by atoms with van der Waals surface area (Å²) < 4.78 is 0. The van der Waals surface area contributed by atoms with E-state index in [-0.39, 0.29) is 11.9 Å². The predicted molar refractivity (Wildman–Crippen MR) is 61.5 cm³/mol. The van der Waals surface area contributed by atoms with Gasteiger partial charge in [-0.2, -0.15) is 0 Å². The summed E-state index contributed by atoms with van der Waals surface area (Å²) in [7, 11) is 0. The van der Waals surface area contributed by atoms with Crippen molar-refractivity contribution in [2.75, 3.05) is 5.88 Å². The van der Waals surface area contributed by atoms with Gasteiger partial charge >= 0.3 is 0 Å². The van der Waals surface area contributed by atoms with Crippen molar-refractivity contribution in [1.82, 2.24) is 10.3 Å². The number of carbonyl (C=O) groups excluding carboxylic acids is 1. The third kappa shape index (κ3) is 3.68. The first-order chi connectivity index (χ1) is 7.17. The lowest BCUT2D eigenvalue weighted by atomic mass is 10.2. The molecule has 0 bridgehead atoms. The molecule has 1 N–H and O–H groups in total. The molecule has 1 rings (SSSR count). The second kappa shape index (κ2) is 5.93. The maximum Gasteiger partial charge on any atom is 0.270 e. The molecule has 0 aliphatic heterocycles. The van der Waals surface area contributed by atoms with E-state index in [0.29, 0.717) is 16.6 Å². The van der Waals surface area contributed by atoms with Crippen molar-refractivity contribution in [3.8, 4) is 0 Å². The number of nitrogens with zero attached hydrogens (tertiary/aromatic N) is 1. The van der Waals surface area contributed by atoms with Crippen molar-refractivity contribution in [3.63, 3.8) is 0 Å². The third-order valence-electron chi connectivity index (χ3n) is 1.97. The molecule has 1 aromatic heterocycles. The van der Waals surface area contributed by atoms with Crippen LogP contribution in [0, 0.1) is 0 Å². The summed E-state index contributed by atoms with van der Waals surface area (Å²) in [6, 6.07) is 3.20. The highest BCUT2D eigenvalue weighted by atomic mass is 35.5. The maximum absolute atomic E-state index is 11.6. The van der Waals surface area contributed by atoms with E-state index in [4.69, 9.17) is 23.2 Å². The number of nitrogens with one attached hydrogen (secondary N) is 1. The molecule has 15 heavy (non-hydrogen) atoms. The highest BCUT2D eigenvalue weighted by Gasteiger charge is 2.11. The van der Waals surface area contributed by atoms with E-state index in [0.717, 1.165) is 6.42 Å². The minimum atomic E-state index is -0.223. The lowest BCUT2D eigenvalue weighted by Crippen LogP contribution is -2.36. The standard InChI is InChI=1S/C10H12Cl2N2O/c1-2-8(5-11)14-10(15)9-4-3-7(12)6-13-9/h3-4,6,8H,2,5H2,1H3,(H,14,15). The fourth-order valence-corrected chi connectivity index (χ4v) is 1.43. The molecular weight excluding hydrogens is 235 g/mol. The van der Waals surface area contributed by atoms with Crippen LogP contribution >= 0.6 is 23.2 Å². The summed E-state index contributed by atoms with van der Waals surface area (Å²) in [5.74, 6) is 0.176. The van der Waals surface area contributed by atoms with Crippen molar-refractivity contribution in [2.24, 2.45) is 0 Å². The Morgan fingerprint density at radius 1 is 1.60 bits per heavy atom. The first-order valence-corrected chi connectivity index (χ1v) is 5.57. The molecule has 0 saturated carbocycles. The van der Waals surface area contributed by atoms with E-state index in [9.17, 15) is 4.79 Å². The zero-order valence-electron chi connectivity index (χ0n) is 8.34. The lowest BCUT2D eigenvalue weighted by Gasteiger charge is -2.12. The van der Waals surface area contributed by atoms with Gasteiger partial charge in [-0.15, -0.1) is 11.6 Å². The highest BCUT2D eigenvalue weighted by molar-refractivity contribution is 6.30. The van der Waals surface area contributed by atoms with E-state index in [1.807, 2.05) is 6.92 Å². The van der Waals surface area contributed by atoms with Gasteiger partial charge in [0.15, 0.2) is 0 Å². The molecule has 82 valence electrons. The lowest BCUT2D eigenvalue weighted by molar-refractivity contribution is 0.0935. The SMILES string of the molecule is CCC(CCl)NC(=O)c1ccc(Cl)cn1. The average molecular weight is 247 g/mol. The summed E-state index contributed by atoms with van der Waals surface area (Å²) in [5, 5.41) is 3.29. The quantitative estimate of drug-likeness (QED) is 0.830. The molecular formula is C10H12Cl2N2O. The minimum Gasteiger partial charge on any atom is -0.347 e. The number of hydrogen-bond acceptors (Lipinski definition) is 2. The molecule has 0 aliphatic rings. The number of amides is 1. The summed E-state index contributed by atoms with van der Waals surface area (Å²) in [6.45, 7) is 1.96. The minimum absolute atomic E-state index is 0.0170. The molecule has 1 aromatic rings. The van der Waals surface area contributed by atoms with Crippen LogP contribution in [0.25, 0.3) is 0 Å². The highest BCUT2D eigenvalue weighted by Crippen LogP contribution is 2.06. The third-order valence-corrected chi connectivity index (χ3v) is 2.57. The van der Waals surface area contributed by atoms with Crippen LogP contribution in [0.5, 0.6) is 0 Å². The Kier molecular flexibility index (Phi) is 4.85. The number of halogens is 2. The van der Waals surface area contributed by atoms with Gasteiger partial charge in [-0.05, 0) is 18.6 Å². The van der Waals surface area contributed by atoms with Gasteiger partial charge in [0, 0.05) is 18.1 Å². The Labute approximate surface area is 98.8 Å². The molecule has 0 fully saturated rings. The smallest absolute Gasteiger partial charge is 0.270 e. The zero-order valence-corrected chi connectivity index (χ0v) is 9.85. The number of rotatable bonds is 4. The maximum atomic E-state index is 11.6. The van der Waals surface area contributed by atoms with Crippen molar-refractivity contribution in [2.45, 2.75) is 19.4 Å². The van der Waals surface area contributed by atoms with Crippen LogP contribution in [-0.2, 0) is 0 Å². The summed E-state index contributed by atoms with van der Waals surface area (Å²) in [4.78, 5) is 15.5. The van der Waals surface area contributed by atoms with Crippen LogP contribution in [0.1, 0.15) is 23.8 Å². The molecule has 3 nitrogen and oxygen atoms in total. The van der Waals surface area contributed by atoms with Gasteiger partial charge in [0.25, 0.3) is 5.91 Å². The van der Waals surface area contributed by atoms with Gasteiger partial charge in [0.1, 0.15) is 5.69 Å². The number of aromatic nitrogens is 1. The molecule has 1 atom stereocenters. The van der Waals surface area contributed by atoms with Crippen molar-refractivity contribution < 1.29 is 4.79 Å². The fraction of sp³-hybridized carbons (Fsp3) is 0.400. The van der Waals surface area contributed by atoms with Gasteiger partial charge < -0.3 is 5.32 Å². The largest absolute Gasteiger partial charge is 0.347 e. The molecule has 0 saturated heterocycles. The first-order valence-electron chi connectivity index (χ1n) is 4.65. The Morgan fingerprint density at radius 2 is 2.33 bits per heavy atom. The Bertz CT molecular complexity index is 323. The molecule has 1 amide bonds. The van der Waals surface area contributed by atoms with Crippen LogP contribution in [0.4, 0.5) is 0 Å². The predicted octanol–water partition coefficient (Wildman–Crippen LogP) is 2.48. The molecule has 1 unspecified atom stereocenters. The molecule has 5 heteroatoms. The van der Waals surface area contributed by atoms with E-state index in [2.05, 4.69) is 10.3 Å². The van der Waals surface area contributed by atoms with Crippen LogP contribution in [0.15, 0.2) is 18.3 Å². The van der Waals surface area contributed by atoms with Gasteiger partial charge in [-0.3, -0.25) is 4.79 Å². The Hall–Kier alpha value is -0.800. The number of hydrogen-bond donors (Lipinski definition) is 1. The average Bonchev–Trinajstić information content (AvgIpc) is 2.26. The van der Waals surface area contributed by atoms with Crippen LogP contribution in [0.2, 0.25) is 5.02 Å². The van der Waals surface area contributed by atoms with Crippen LogP contribution < -0.4 is 5.32 Å². The molecule has 0 aliphatic carbocycles. The van der Waals surface area contributed by atoms with Crippen LogP contribution in [0.3, 0.4) is 0 Å². The Balaban J connectivity index is 2.64. The topological polar surface area (TPSA) is 42.0 Å². The monoisotopic (exact) mass is 246 g/mol. The molecule has 1 heterocycles. The summed E-state index contributed by atoms with van der Waals surface area (Å²) in [5.41, 5.74) is 0.350. The number of alkyl halides is 1. The number of carbonyl (C=O) groups is 1. The van der Waals surface area contributed by atoms with Crippen molar-refractivity contribution in [3.05, 3.63) is 29.0 Å². The summed E-state index contributed by atoms with van der Waals surface area (Å²) >= 11 is 11.3. The van der Waals surface area contributed by atoms with Crippen LogP contribution in [-0.4, -0.2) is 22.8 Å². The van der Waals surface area contributed by atoms with Gasteiger partial charge in [-0.25, -0.2) is 4.98 Å². The first kappa shape index (κ1) is 12.3. The second-order valence-electron chi connectivity index (χ2n) is 3.09. The van der Waals surface area contributed by atoms with E-state index in [1.54, 1.807) is 12.1 Å². The molecule has 0 radical (unpaired) electrons. The van der Waals surface area contributed by atoms with Gasteiger partial charge in [-0.1, -0.05) is 18.5 Å². The van der Waals surface area contributed by atoms with Crippen molar-refractivity contribution in [1.29, 1.82) is 0 Å². The van der Waals surface area contributed by atoms with E-state index >= 15 is 0 Å². The van der Waals surface area contributed by atoms with Gasteiger partial charge in [0.2, 0.25) is 0 Å². The van der Waals surface area contributed by atoms with E-state index < -0.39 is 0 Å². The zero-order chi connectivity index (χ0) is 11.3.